The molecular formula is C30H50O3. The summed E-state index contributed by atoms with van der Waals surface area (Å²) in [6, 6.07) is 0. The third kappa shape index (κ3) is 4.84. The van der Waals surface area contributed by atoms with Crippen LogP contribution in [0.5, 0.6) is 0 Å². The fourth-order valence-electron chi connectivity index (χ4n) is 9.32. The molecule has 5 aliphatic carbocycles. The van der Waals surface area contributed by atoms with Gasteiger partial charge in [0.05, 0.1) is 12.2 Å². The van der Waals surface area contributed by atoms with Crippen LogP contribution in [0.25, 0.3) is 0 Å². The summed E-state index contributed by atoms with van der Waals surface area (Å²) in [6.07, 6.45) is 22.8. The lowest BCUT2D eigenvalue weighted by Crippen LogP contribution is -2.60. The predicted molar refractivity (Wildman–Crippen MR) is 133 cm³/mol. The molecule has 0 N–H and O–H groups in total. The maximum Gasteiger partial charge on any atom is 0.145 e. The summed E-state index contributed by atoms with van der Waals surface area (Å²) >= 11 is 0. The minimum atomic E-state index is 0.0986. The van der Waals surface area contributed by atoms with Crippen LogP contribution in [-0.4, -0.2) is 31.2 Å². The minimum absolute atomic E-state index is 0.0986. The van der Waals surface area contributed by atoms with E-state index in [1.807, 2.05) is 0 Å². The van der Waals surface area contributed by atoms with Gasteiger partial charge < -0.3 is 9.47 Å². The molecule has 0 saturated heterocycles. The van der Waals surface area contributed by atoms with Crippen molar-refractivity contribution < 1.29 is 14.3 Å². The topological polar surface area (TPSA) is 35.5 Å². The van der Waals surface area contributed by atoms with E-state index < -0.39 is 0 Å². The Morgan fingerprint density at radius 2 is 0.909 bits per heavy atom. The van der Waals surface area contributed by atoms with Crippen molar-refractivity contribution in [2.75, 3.05) is 13.2 Å². The maximum absolute atomic E-state index is 13.7. The number of ether oxygens (including phenoxy) is 2. The fourth-order valence-corrected chi connectivity index (χ4v) is 9.32. The maximum atomic E-state index is 13.7. The van der Waals surface area contributed by atoms with Crippen LogP contribution < -0.4 is 0 Å². The molecule has 5 fully saturated rings. The molecule has 0 radical (unpaired) electrons. The Morgan fingerprint density at radius 3 is 1.21 bits per heavy atom. The molecule has 0 aromatic carbocycles. The number of carbonyl (C=O) groups excluding carboxylic acids is 1. The molecule has 33 heavy (non-hydrogen) atoms. The smallest absolute Gasteiger partial charge is 0.145 e. The van der Waals surface area contributed by atoms with Crippen LogP contribution in [0, 0.1) is 34.5 Å². The van der Waals surface area contributed by atoms with Gasteiger partial charge in [-0.1, -0.05) is 0 Å². The number of Topliss-reactive ketones (excluding diaryl/α,β-unsaturated/α-hetero) is 1. The Labute approximate surface area is 203 Å². The van der Waals surface area contributed by atoms with Crippen molar-refractivity contribution in [2.45, 2.75) is 135 Å². The van der Waals surface area contributed by atoms with Crippen LogP contribution in [0.1, 0.15) is 123 Å². The molecule has 188 valence electrons. The molecule has 5 saturated carbocycles. The fraction of sp³-hybridized carbons (Fsp3) is 0.967. The second-order valence-corrected chi connectivity index (χ2v) is 12.7. The van der Waals surface area contributed by atoms with Crippen LogP contribution in [0.4, 0.5) is 0 Å². The lowest BCUT2D eigenvalue weighted by Gasteiger charge is -2.60. The van der Waals surface area contributed by atoms with Crippen molar-refractivity contribution in [1.29, 1.82) is 0 Å². The molecular weight excluding hydrogens is 408 g/mol. The SMILES string of the molecule is CCOC1CCC(C2CCC3(CC2)CC2(CCC(C4CCC(OCC)CC4)CC2)C3=O)CC1. The molecule has 0 atom stereocenters. The Hall–Kier alpha value is -0.410. The number of ketones is 1. The molecule has 3 heteroatoms. The van der Waals surface area contributed by atoms with E-state index in [0.717, 1.165) is 36.9 Å². The van der Waals surface area contributed by atoms with Gasteiger partial charge in [-0.25, -0.2) is 0 Å². The normalized spacial score (nSPS) is 46.4. The van der Waals surface area contributed by atoms with E-state index in [0.29, 0.717) is 18.0 Å². The van der Waals surface area contributed by atoms with Gasteiger partial charge in [-0.2, -0.15) is 0 Å². The largest absolute Gasteiger partial charge is 0.379 e. The summed E-state index contributed by atoms with van der Waals surface area (Å²) in [5.41, 5.74) is 0.197. The third-order valence-electron chi connectivity index (χ3n) is 11.2. The van der Waals surface area contributed by atoms with Crippen molar-refractivity contribution in [1.82, 2.24) is 0 Å². The third-order valence-corrected chi connectivity index (χ3v) is 11.2. The van der Waals surface area contributed by atoms with Crippen LogP contribution in [0.15, 0.2) is 0 Å². The number of rotatable bonds is 6. The van der Waals surface area contributed by atoms with Crippen LogP contribution >= 0.6 is 0 Å². The highest BCUT2D eigenvalue weighted by molar-refractivity contribution is 5.96. The number of hydrogen-bond donors (Lipinski definition) is 0. The van der Waals surface area contributed by atoms with E-state index in [9.17, 15) is 4.79 Å². The monoisotopic (exact) mass is 458 g/mol. The molecule has 0 aliphatic heterocycles. The van der Waals surface area contributed by atoms with Gasteiger partial charge in [-0.15, -0.1) is 0 Å². The van der Waals surface area contributed by atoms with Crippen molar-refractivity contribution >= 4 is 5.78 Å². The molecule has 0 aromatic heterocycles. The lowest BCUT2D eigenvalue weighted by atomic mass is 9.42. The Bertz CT molecular complexity index is 585. The van der Waals surface area contributed by atoms with Gasteiger partial charge in [0, 0.05) is 24.0 Å². The van der Waals surface area contributed by atoms with E-state index in [-0.39, 0.29) is 10.8 Å². The van der Waals surface area contributed by atoms with Gasteiger partial charge in [0.1, 0.15) is 5.78 Å². The van der Waals surface area contributed by atoms with Crippen LogP contribution in [-0.2, 0) is 14.3 Å². The first kappa shape index (κ1) is 24.3. The highest BCUT2D eigenvalue weighted by Gasteiger charge is 2.63. The summed E-state index contributed by atoms with van der Waals surface area (Å²) in [5.74, 6) is 4.27. The summed E-state index contributed by atoms with van der Waals surface area (Å²) < 4.78 is 11.7. The second kappa shape index (κ2) is 10.3. The highest BCUT2D eigenvalue weighted by atomic mass is 16.5. The van der Waals surface area contributed by atoms with Gasteiger partial charge in [-0.05, 0) is 147 Å². The van der Waals surface area contributed by atoms with E-state index in [1.54, 1.807) is 0 Å². The van der Waals surface area contributed by atoms with E-state index in [2.05, 4.69) is 13.8 Å². The minimum Gasteiger partial charge on any atom is -0.379 e. The number of hydrogen-bond acceptors (Lipinski definition) is 3. The standard InChI is InChI=1S/C30H50O3/c1-3-32-26-9-5-22(6-10-26)24-13-17-29(18-14-24)21-30(28(29)31)19-15-25(16-20-30)23-7-11-27(12-8-23)33-4-2/h22-27H,3-21H2,1-2H3. The zero-order valence-corrected chi connectivity index (χ0v) is 21.6. The first-order chi connectivity index (χ1) is 16.1. The molecule has 2 spiro atoms. The quantitative estimate of drug-likeness (QED) is 0.413. The predicted octanol–water partition coefficient (Wildman–Crippen LogP) is 7.50. The zero-order chi connectivity index (χ0) is 22.9. The molecule has 0 amide bonds. The number of carbonyl (C=O) groups is 1. The Kier molecular flexibility index (Phi) is 7.58. The molecule has 5 rings (SSSR count). The zero-order valence-electron chi connectivity index (χ0n) is 21.6. The van der Waals surface area contributed by atoms with Gasteiger partial charge in [-0.3, -0.25) is 4.79 Å². The summed E-state index contributed by atoms with van der Waals surface area (Å²) in [5, 5.41) is 0. The molecule has 0 heterocycles. The summed E-state index contributed by atoms with van der Waals surface area (Å²) in [4.78, 5) is 13.7. The average Bonchev–Trinajstić information content (AvgIpc) is 2.86. The van der Waals surface area contributed by atoms with Crippen molar-refractivity contribution in [2.24, 2.45) is 34.5 Å². The van der Waals surface area contributed by atoms with E-state index >= 15 is 0 Å². The molecule has 0 aromatic rings. The van der Waals surface area contributed by atoms with Crippen LogP contribution in [0.3, 0.4) is 0 Å². The van der Waals surface area contributed by atoms with Crippen molar-refractivity contribution in [3.8, 4) is 0 Å². The van der Waals surface area contributed by atoms with Gasteiger partial charge in [0.2, 0.25) is 0 Å². The van der Waals surface area contributed by atoms with Gasteiger partial charge in [0.25, 0.3) is 0 Å². The summed E-state index contributed by atoms with van der Waals surface area (Å²) in [6.45, 7) is 5.97. The van der Waals surface area contributed by atoms with Crippen LogP contribution in [0.2, 0.25) is 0 Å². The average molecular weight is 459 g/mol. The molecule has 5 aliphatic rings. The highest BCUT2D eigenvalue weighted by Crippen LogP contribution is 2.65. The Balaban J connectivity index is 1.06. The molecule has 0 unspecified atom stereocenters. The lowest BCUT2D eigenvalue weighted by molar-refractivity contribution is -0.170. The first-order valence-corrected chi connectivity index (χ1v) is 14.9. The van der Waals surface area contributed by atoms with Crippen molar-refractivity contribution in [3.63, 3.8) is 0 Å². The van der Waals surface area contributed by atoms with E-state index in [1.165, 1.54) is 109 Å². The van der Waals surface area contributed by atoms with Crippen molar-refractivity contribution in [3.05, 3.63) is 0 Å². The van der Waals surface area contributed by atoms with E-state index in [4.69, 9.17) is 9.47 Å². The molecule has 3 nitrogen and oxygen atoms in total. The first-order valence-electron chi connectivity index (χ1n) is 14.9. The molecule has 0 bridgehead atoms. The van der Waals surface area contributed by atoms with Gasteiger partial charge >= 0.3 is 0 Å². The second-order valence-electron chi connectivity index (χ2n) is 12.7. The van der Waals surface area contributed by atoms with Gasteiger partial charge in [0.15, 0.2) is 0 Å². The Morgan fingerprint density at radius 1 is 0.576 bits per heavy atom. The summed E-state index contributed by atoms with van der Waals surface area (Å²) in [7, 11) is 0.